The topological polar surface area (TPSA) is 108 Å². The molecule has 0 aliphatic rings. The monoisotopic (exact) mass is 394 g/mol. The molecule has 0 saturated carbocycles. The fourth-order valence-corrected chi connectivity index (χ4v) is 2.65. The van der Waals surface area contributed by atoms with Gasteiger partial charge in [-0.3, -0.25) is 15.0 Å². The molecular formula is C17H17F3N6O2. The van der Waals surface area contributed by atoms with Crippen LogP contribution in [0.15, 0.2) is 41.3 Å². The molecular weight excluding hydrogens is 377 g/mol. The molecule has 8 nitrogen and oxygen atoms in total. The van der Waals surface area contributed by atoms with Gasteiger partial charge in [0.1, 0.15) is 11.2 Å². The lowest BCUT2D eigenvalue weighted by Crippen LogP contribution is -2.37. The van der Waals surface area contributed by atoms with E-state index in [-0.39, 0.29) is 29.8 Å². The van der Waals surface area contributed by atoms with Crippen LogP contribution >= 0.6 is 0 Å². The quantitative estimate of drug-likeness (QED) is 0.656. The molecule has 3 N–H and O–H groups in total. The summed E-state index contributed by atoms with van der Waals surface area (Å²) in [5.41, 5.74) is 8.13. The number of fused-ring (bicyclic) bond motifs is 1. The highest BCUT2D eigenvalue weighted by atomic mass is 19.4. The van der Waals surface area contributed by atoms with Gasteiger partial charge in [0, 0.05) is 0 Å². The van der Waals surface area contributed by atoms with Crippen molar-refractivity contribution in [3.63, 3.8) is 0 Å². The van der Waals surface area contributed by atoms with E-state index in [1.807, 2.05) is 6.07 Å². The maximum absolute atomic E-state index is 12.7. The zero-order chi connectivity index (χ0) is 20.3. The highest BCUT2D eigenvalue weighted by molar-refractivity contribution is 5.86. The highest BCUT2D eigenvalue weighted by Gasteiger charge is 2.27. The van der Waals surface area contributed by atoms with E-state index in [1.54, 1.807) is 24.3 Å². The average Bonchev–Trinajstić information content (AvgIpc) is 3.05. The number of rotatable bonds is 6. The van der Waals surface area contributed by atoms with Crippen molar-refractivity contribution in [2.75, 3.05) is 5.43 Å². The molecule has 0 atom stereocenters. The first-order valence-electron chi connectivity index (χ1n) is 8.36. The number of aryl methyl sites for hydroxylation is 1. The molecule has 0 spiro atoms. The van der Waals surface area contributed by atoms with Crippen LogP contribution in [0.2, 0.25) is 0 Å². The number of carbonyl (C=O) groups is 1. The number of carbonyl (C=O) groups excluding carboxylic acids is 1. The number of amides is 1. The standard InChI is InChI=1S/C17H17F3N6O2/c18-17(19,20)6-7-25-15-12(10-22-25)16(28)26(13(9-21)23-15)24-14(27)8-11-4-2-1-3-5-11/h1-5,10H,6-9,21H2,(H,24,27). The Bertz CT molecular complexity index is 1040. The number of nitrogens with two attached hydrogens (primary N) is 1. The van der Waals surface area contributed by atoms with Crippen LogP contribution in [0.25, 0.3) is 11.0 Å². The molecule has 11 heteroatoms. The van der Waals surface area contributed by atoms with Crippen LogP contribution in [0.5, 0.6) is 0 Å². The SMILES string of the molecule is NCc1nc2c(cnn2CCC(F)(F)F)c(=O)n1NC(=O)Cc1ccccc1. The molecule has 1 aromatic carbocycles. The first-order chi connectivity index (χ1) is 13.3. The number of hydrogen-bond donors (Lipinski definition) is 2. The predicted octanol–water partition coefficient (Wildman–Crippen LogP) is 1.32. The Morgan fingerprint density at radius 3 is 2.57 bits per heavy atom. The molecule has 0 radical (unpaired) electrons. The molecule has 0 aliphatic heterocycles. The van der Waals surface area contributed by atoms with E-state index in [2.05, 4.69) is 15.5 Å². The van der Waals surface area contributed by atoms with Crippen molar-refractivity contribution < 1.29 is 18.0 Å². The summed E-state index contributed by atoms with van der Waals surface area (Å²) in [7, 11) is 0. The van der Waals surface area contributed by atoms with E-state index in [0.29, 0.717) is 0 Å². The van der Waals surface area contributed by atoms with Gasteiger partial charge in [-0.05, 0) is 5.56 Å². The number of nitrogens with zero attached hydrogens (tertiary/aromatic N) is 4. The van der Waals surface area contributed by atoms with E-state index in [1.165, 1.54) is 0 Å². The lowest BCUT2D eigenvalue weighted by atomic mass is 10.1. The third-order valence-corrected chi connectivity index (χ3v) is 3.97. The minimum atomic E-state index is -4.37. The Morgan fingerprint density at radius 1 is 1.21 bits per heavy atom. The van der Waals surface area contributed by atoms with E-state index in [0.717, 1.165) is 21.1 Å². The first-order valence-corrected chi connectivity index (χ1v) is 8.36. The van der Waals surface area contributed by atoms with Crippen molar-refractivity contribution in [2.45, 2.75) is 32.1 Å². The van der Waals surface area contributed by atoms with Crippen molar-refractivity contribution in [3.05, 3.63) is 58.3 Å². The minimum Gasteiger partial charge on any atom is -0.324 e. The van der Waals surface area contributed by atoms with E-state index in [4.69, 9.17) is 5.73 Å². The Labute approximate surface area is 156 Å². The number of alkyl halides is 3. The summed E-state index contributed by atoms with van der Waals surface area (Å²) in [6.07, 6.45) is -4.32. The number of halogens is 3. The van der Waals surface area contributed by atoms with Crippen molar-refractivity contribution >= 4 is 16.9 Å². The van der Waals surface area contributed by atoms with Crippen molar-refractivity contribution in [3.8, 4) is 0 Å². The highest BCUT2D eigenvalue weighted by Crippen LogP contribution is 2.21. The summed E-state index contributed by atoms with van der Waals surface area (Å²) in [4.78, 5) is 29.1. The molecule has 2 aromatic heterocycles. The summed E-state index contributed by atoms with van der Waals surface area (Å²) >= 11 is 0. The van der Waals surface area contributed by atoms with Gasteiger partial charge in [0.25, 0.3) is 5.56 Å². The zero-order valence-electron chi connectivity index (χ0n) is 14.6. The molecule has 0 aliphatic carbocycles. The summed E-state index contributed by atoms with van der Waals surface area (Å²) in [5, 5.41) is 3.80. The maximum Gasteiger partial charge on any atom is 0.390 e. The number of hydrogen-bond acceptors (Lipinski definition) is 5. The summed E-state index contributed by atoms with van der Waals surface area (Å²) in [5.74, 6) is -0.457. The largest absolute Gasteiger partial charge is 0.390 e. The second-order valence-electron chi connectivity index (χ2n) is 6.04. The first kappa shape index (κ1) is 19.5. The van der Waals surface area contributed by atoms with E-state index in [9.17, 15) is 22.8 Å². The van der Waals surface area contributed by atoms with Gasteiger partial charge in [0.15, 0.2) is 5.65 Å². The molecule has 1 amide bonds. The second kappa shape index (κ2) is 7.80. The minimum absolute atomic E-state index is 0.00710. The van der Waals surface area contributed by atoms with Gasteiger partial charge in [-0.15, -0.1) is 0 Å². The van der Waals surface area contributed by atoms with Gasteiger partial charge in [-0.2, -0.15) is 18.3 Å². The van der Waals surface area contributed by atoms with Gasteiger partial charge in [0.05, 0.1) is 32.1 Å². The van der Waals surface area contributed by atoms with Gasteiger partial charge in [0.2, 0.25) is 5.91 Å². The van der Waals surface area contributed by atoms with Gasteiger partial charge >= 0.3 is 6.18 Å². The number of benzene rings is 1. The van der Waals surface area contributed by atoms with Crippen LogP contribution in [0.1, 0.15) is 17.8 Å². The summed E-state index contributed by atoms with van der Waals surface area (Å²) in [6.45, 7) is -0.685. The molecule has 148 valence electrons. The Morgan fingerprint density at radius 2 is 1.93 bits per heavy atom. The lowest BCUT2D eigenvalue weighted by Gasteiger charge is -2.13. The Kier molecular flexibility index (Phi) is 5.45. The molecule has 0 unspecified atom stereocenters. The Balaban J connectivity index is 1.89. The second-order valence-corrected chi connectivity index (χ2v) is 6.04. The average molecular weight is 394 g/mol. The molecule has 0 fully saturated rings. The van der Waals surface area contributed by atoms with Gasteiger partial charge in [-0.25, -0.2) is 14.3 Å². The van der Waals surface area contributed by atoms with E-state index >= 15 is 0 Å². The van der Waals surface area contributed by atoms with Crippen LogP contribution in [0.3, 0.4) is 0 Å². The van der Waals surface area contributed by atoms with Crippen molar-refractivity contribution in [1.29, 1.82) is 0 Å². The maximum atomic E-state index is 12.7. The summed E-state index contributed by atoms with van der Waals surface area (Å²) < 4.78 is 39.3. The molecule has 0 bridgehead atoms. The normalized spacial score (nSPS) is 11.7. The lowest BCUT2D eigenvalue weighted by molar-refractivity contribution is -0.137. The smallest absolute Gasteiger partial charge is 0.324 e. The Hall–Kier alpha value is -3.21. The van der Waals surface area contributed by atoms with Gasteiger partial charge < -0.3 is 5.73 Å². The van der Waals surface area contributed by atoms with Crippen LogP contribution < -0.4 is 16.7 Å². The summed E-state index contributed by atoms with van der Waals surface area (Å²) in [6, 6.07) is 8.90. The van der Waals surface area contributed by atoms with Crippen molar-refractivity contribution in [1.82, 2.24) is 19.4 Å². The molecule has 28 heavy (non-hydrogen) atoms. The van der Waals surface area contributed by atoms with Crippen molar-refractivity contribution in [2.24, 2.45) is 5.73 Å². The predicted molar refractivity (Wildman–Crippen MR) is 94.9 cm³/mol. The zero-order valence-corrected chi connectivity index (χ0v) is 14.6. The van der Waals surface area contributed by atoms with Gasteiger partial charge in [-0.1, -0.05) is 30.3 Å². The molecule has 0 saturated heterocycles. The fourth-order valence-electron chi connectivity index (χ4n) is 2.65. The third kappa shape index (κ3) is 4.36. The van der Waals surface area contributed by atoms with Crippen LogP contribution in [-0.2, 0) is 24.3 Å². The molecule has 3 aromatic rings. The fraction of sp³-hybridized carbons (Fsp3) is 0.294. The van der Waals surface area contributed by atoms with Crippen LogP contribution in [0.4, 0.5) is 13.2 Å². The van der Waals surface area contributed by atoms with E-state index < -0.39 is 30.6 Å². The molecule has 2 heterocycles. The number of aromatic nitrogens is 4. The molecule has 3 rings (SSSR count). The van der Waals surface area contributed by atoms with Crippen LogP contribution in [0, 0.1) is 0 Å². The third-order valence-electron chi connectivity index (χ3n) is 3.97. The van der Waals surface area contributed by atoms with Crippen LogP contribution in [-0.4, -0.2) is 31.5 Å². The number of nitrogens with one attached hydrogen (secondary N) is 1.